The summed E-state index contributed by atoms with van der Waals surface area (Å²) < 4.78 is 0. The van der Waals surface area contributed by atoms with E-state index in [9.17, 15) is 4.79 Å². The molecule has 0 bridgehead atoms. The number of hydrogen-bond acceptors (Lipinski definition) is 3. The number of nitrogens with one attached hydrogen (secondary N) is 1. The Morgan fingerprint density at radius 1 is 1.17 bits per heavy atom. The zero-order valence-electron chi connectivity index (χ0n) is 9.94. The third-order valence-electron chi connectivity index (χ3n) is 2.06. The summed E-state index contributed by atoms with van der Waals surface area (Å²) in [4.78, 5) is 14.8. The Labute approximate surface area is 106 Å². The monoisotopic (exact) mass is 244 g/mol. The van der Waals surface area contributed by atoms with Gasteiger partial charge in [-0.1, -0.05) is 48.6 Å². The summed E-state index contributed by atoms with van der Waals surface area (Å²) in [6.07, 6.45) is 19.1. The molecular formula is C14H16N2O2. The summed E-state index contributed by atoms with van der Waals surface area (Å²) in [5.41, 5.74) is 0. The number of nitrogens with zero attached hydrogens (tertiary/aromatic N) is 1. The highest BCUT2D eigenvalue weighted by Gasteiger charge is 2.09. The first kappa shape index (κ1) is 13.7. The molecule has 1 heterocycles. The van der Waals surface area contributed by atoms with Gasteiger partial charge >= 0.3 is 5.97 Å². The Morgan fingerprint density at radius 2 is 1.89 bits per heavy atom. The van der Waals surface area contributed by atoms with Gasteiger partial charge in [-0.25, -0.2) is 0 Å². The van der Waals surface area contributed by atoms with E-state index < -0.39 is 11.9 Å². The highest BCUT2D eigenvalue weighted by atomic mass is 16.4. The Kier molecular flexibility index (Phi) is 6.66. The molecule has 94 valence electrons. The van der Waals surface area contributed by atoms with Crippen molar-refractivity contribution >= 4 is 12.2 Å². The zero-order valence-corrected chi connectivity index (χ0v) is 9.94. The smallest absolute Gasteiger partial charge is 0.315 e. The van der Waals surface area contributed by atoms with E-state index in [2.05, 4.69) is 10.3 Å². The predicted octanol–water partition coefficient (Wildman–Crippen LogP) is 2.06. The van der Waals surface area contributed by atoms with Gasteiger partial charge in [0.25, 0.3) is 0 Å². The number of rotatable bonds is 1. The summed E-state index contributed by atoms with van der Waals surface area (Å²) in [7, 11) is 0. The minimum Gasteiger partial charge on any atom is -0.481 e. The van der Waals surface area contributed by atoms with Crippen LogP contribution in [0.5, 0.6) is 0 Å². The molecule has 0 aromatic rings. The van der Waals surface area contributed by atoms with Gasteiger partial charge < -0.3 is 10.4 Å². The van der Waals surface area contributed by atoms with Crippen LogP contribution >= 0.6 is 0 Å². The summed E-state index contributed by atoms with van der Waals surface area (Å²) in [6.45, 7) is 0.695. The van der Waals surface area contributed by atoms with Crippen LogP contribution in [0.3, 0.4) is 0 Å². The van der Waals surface area contributed by atoms with Crippen molar-refractivity contribution < 1.29 is 9.90 Å². The minimum absolute atomic E-state index is 0.695. The lowest BCUT2D eigenvalue weighted by atomic mass is 10.1. The van der Waals surface area contributed by atoms with Crippen LogP contribution in [0.15, 0.2) is 66.0 Å². The first-order valence-corrected chi connectivity index (χ1v) is 5.62. The Balaban J connectivity index is 2.77. The van der Waals surface area contributed by atoms with Crippen LogP contribution < -0.4 is 5.32 Å². The lowest BCUT2D eigenvalue weighted by molar-refractivity contribution is -0.137. The molecule has 18 heavy (non-hydrogen) atoms. The highest BCUT2D eigenvalue weighted by Crippen LogP contribution is 1.97. The molecule has 4 heteroatoms. The number of aliphatic carboxylic acids is 1. The lowest BCUT2D eigenvalue weighted by Gasteiger charge is -1.97. The van der Waals surface area contributed by atoms with Crippen LogP contribution in [0.25, 0.3) is 0 Å². The summed E-state index contributed by atoms with van der Waals surface area (Å²) in [5.74, 6) is -1.64. The third kappa shape index (κ3) is 6.27. The largest absolute Gasteiger partial charge is 0.481 e. The van der Waals surface area contributed by atoms with E-state index in [1.807, 2.05) is 30.4 Å². The Hall–Kier alpha value is -2.36. The molecule has 0 spiro atoms. The van der Waals surface area contributed by atoms with Gasteiger partial charge in [0.2, 0.25) is 0 Å². The fourth-order valence-electron chi connectivity index (χ4n) is 1.16. The van der Waals surface area contributed by atoms with Gasteiger partial charge in [0.15, 0.2) is 0 Å². The molecule has 1 atom stereocenters. The lowest BCUT2D eigenvalue weighted by Crippen LogP contribution is -2.11. The second-order valence-electron chi connectivity index (χ2n) is 3.47. The van der Waals surface area contributed by atoms with Gasteiger partial charge in [0, 0.05) is 25.2 Å². The van der Waals surface area contributed by atoms with E-state index in [0.717, 1.165) is 0 Å². The number of carbonyl (C=O) groups is 1. The maximum Gasteiger partial charge on any atom is 0.315 e. The molecule has 0 saturated heterocycles. The summed E-state index contributed by atoms with van der Waals surface area (Å²) in [5, 5.41) is 12.0. The molecule has 0 aromatic heterocycles. The van der Waals surface area contributed by atoms with Crippen molar-refractivity contribution in [2.45, 2.75) is 0 Å². The molecule has 2 N–H and O–H groups in total. The normalized spacial score (nSPS) is 30.8. The maximum absolute atomic E-state index is 10.9. The van der Waals surface area contributed by atoms with Crippen molar-refractivity contribution in [1.29, 1.82) is 0 Å². The molecule has 1 aliphatic heterocycles. The first-order valence-electron chi connectivity index (χ1n) is 5.62. The molecule has 0 radical (unpaired) electrons. The van der Waals surface area contributed by atoms with Gasteiger partial charge in [-0.05, 0) is 0 Å². The van der Waals surface area contributed by atoms with E-state index in [1.54, 1.807) is 24.4 Å². The van der Waals surface area contributed by atoms with Crippen molar-refractivity contribution in [2.75, 3.05) is 6.54 Å². The second-order valence-corrected chi connectivity index (χ2v) is 3.47. The number of hydrogen-bond donors (Lipinski definition) is 2. The quantitative estimate of drug-likeness (QED) is 0.742. The van der Waals surface area contributed by atoms with Crippen molar-refractivity contribution in [3.05, 3.63) is 61.0 Å². The Morgan fingerprint density at radius 3 is 2.67 bits per heavy atom. The van der Waals surface area contributed by atoms with Gasteiger partial charge in [-0.3, -0.25) is 9.79 Å². The highest BCUT2D eigenvalue weighted by molar-refractivity contribution is 5.91. The molecule has 4 nitrogen and oxygen atoms in total. The van der Waals surface area contributed by atoms with Crippen LogP contribution in [0.1, 0.15) is 0 Å². The summed E-state index contributed by atoms with van der Waals surface area (Å²) >= 11 is 0. The molecular weight excluding hydrogens is 228 g/mol. The van der Waals surface area contributed by atoms with E-state index in [4.69, 9.17) is 5.11 Å². The fourth-order valence-corrected chi connectivity index (χ4v) is 1.16. The van der Waals surface area contributed by atoms with E-state index in [1.165, 1.54) is 12.4 Å². The van der Waals surface area contributed by atoms with Crippen molar-refractivity contribution in [1.82, 2.24) is 5.32 Å². The Bertz CT molecular complexity index is 429. The topological polar surface area (TPSA) is 61.7 Å². The average molecular weight is 244 g/mol. The SMILES string of the molecule is O=C(O)[C@H]1/C=C/C=C/C=C\C=C\CN/C=C\N=C\1. The number of carboxylic acids is 1. The van der Waals surface area contributed by atoms with Crippen molar-refractivity contribution in [3.63, 3.8) is 0 Å². The van der Waals surface area contributed by atoms with Crippen molar-refractivity contribution in [3.8, 4) is 0 Å². The molecule has 1 rings (SSSR count). The number of carboxylic acid groups (broad SMARTS) is 1. The minimum atomic E-state index is -0.925. The van der Waals surface area contributed by atoms with Crippen LogP contribution in [0.2, 0.25) is 0 Å². The van der Waals surface area contributed by atoms with E-state index in [0.29, 0.717) is 6.54 Å². The number of aliphatic imine (C=N–C) groups is 1. The van der Waals surface area contributed by atoms with Crippen LogP contribution in [-0.2, 0) is 4.79 Å². The molecule has 0 aliphatic carbocycles. The molecule has 0 saturated carbocycles. The van der Waals surface area contributed by atoms with Crippen molar-refractivity contribution in [2.24, 2.45) is 10.9 Å². The van der Waals surface area contributed by atoms with Gasteiger partial charge in [0.05, 0.1) is 0 Å². The third-order valence-corrected chi connectivity index (χ3v) is 2.06. The van der Waals surface area contributed by atoms with Gasteiger partial charge in [-0.2, -0.15) is 0 Å². The van der Waals surface area contributed by atoms with Gasteiger partial charge in [-0.15, -0.1) is 0 Å². The van der Waals surface area contributed by atoms with Crippen LogP contribution in [-0.4, -0.2) is 23.8 Å². The first-order chi connectivity index (χ1) is 8.80. The molecule has 0 aromatic carbocycles. The molecule has 0 fully saturated rings. The van der Waals surface area contributed by atoms with E-state index >= 15 is 0 Å². The molecule has 0 amide bonds. The van der Waals surface area contributed by atoms with Crippen LogP contribution in [0, 0.1) is 5.92 Å². The molecule has 1 aliphatic rings. The van der Waals surface area contributed by atoms with Gasteiger partial charge in [0.1, 0.15) is 5.92 Å². The average Bonchev–Trinajstić information content (AvgIpc) is 2.36. The maximum atomic E-state index is 10.9. The standard InChI is InChI=1S/C14H16N2O2/c17-14(18)13-8-6-4-2-1-3-5-7-9-15-10-11-16-12-13/h1-8,10-13,15H,9H2,(H,17,18)/b3-1-,4-2+,7-5+,8-6+,11-10-,16-12+/t13-/m0/s1. The predicted molar refractivity (Wildman–Crippen MR) is 73.3 cm³/mol. The summed E-state index contributed by atoms with van der Waals surface area (Å²) in [6, 6.07) is 0. The van der Waals surface area contributed by atoms with E-state index in [-0.39, 0.29) is 0 Å². The fraction of sp³-hybridized carbons (Fsp3) is 0.143. The second kappa shape index (κ2) is 8.75. The zero-order chi connectivity index (χ0) is 13.1. The molecule has 0 unspecified atom stereocenters. The van der Waals surface area contributed by atoms with Crippen LogP contribution in [0.4, 0.5) is 0 Å². The number of allylic oxidation sites excluding steroid dienone is 6.